The molecule has 0 radical (unpaired) electrons. The molecule has 3 rings (SSSR count). The van der Waals surface area contributed by atoms with E-state index in [4.69, 9.17) is 10.5 Å². The van der Waals surface area contributed by atoms with Gasteiger partial charge in [0.15, 0.2) is 0 Å². The summed E-state index contributed by atoms with van der Waals surface area (Å²) in [4.78, 5) is 13.0. The molecule has 1 aliphatic carbocycles. The lowest BCUT2D eigenvalue weighted by Crippen LogP contribution is -2.47. The summed E-state index contributed by atoms with van der Waals surface area (Å²) in [6.07, 6.45) is 7.72. The number of primary amides is 1. The van der Waals surface area contributed by atoms with E-state index in [2.05, 4.69) is 44.4 Å². The van der Waals surface area contributed by atoms with Gasteiger partial charge in [-0.1, -0.05) is 47.0 Å². The number of hydrogen-bond donors (Lipinski definition) is 1. The van der Waals surface area contributed by atoms with Crippen molar-refractivity contribution in [1.82, 2.24) is 4.57 Å². The van der Waals surface area contributed by atoms with E-state index in [1.807, 2.05) is 6.07 Å². The first kappa shape index (κ1) is 20.8. The summed E-state index contributed by atoms with van der Waals surface area (Å²) in [5.74, 6) is 0.627. The van der Waals surface area contributed by atoms with Gasteiger partial charge in [-0.15, -0.1) is 0 Å². The van der Waals surface area contributed by atoms with E-state index in [9.17, 15) is 4.79 Å². The lowest BCUT2D eigenvalue weighted by Gasteiger charge is -2.38. The standard InChI is InChI=1S/C24H36N2O2/c1-6-8-13-24(12-7-2,22(25)27)26-20-15-17(28-5)9-10-18(20)19-11-14-23(3,4)16-21(19)26/h9-10,15H,6-8,11-14,16H2,1-5H3,(H2,25,27). The molecule has 2 aromatic rings. The number of unbranched alkanes of at least 4 members (excludes halogenated alkanes) is 1. The fourth-order valence-electron chi connectivity index (χ4n) is 5.06. The van der Waals surface area contributed by atoms with Crippen molar-refractivity contribution < 1.29 is 9.53 Å². The molecule has 0 saturated carbocycles. The largest absolute Gasteiger partial charge is 0.497 e. The van der Waals surface area contributed by atoms with Crippen LogP contribution in [0.5, 0.6) is 5.75 Å². The van der Waals surface area contributed by atoms with Gasteiger partial charge in [0.1, 0.15) is 11.3 Å². The summed E-state index contributed by atoms with van der Waals surface area (Å²) in [5, 5.41) is 1.25. The summed E-state index contributed by atoms with van der Waals surface area (Å²) in [7, 11) is 1.70. The van der Waals surface area contributed by atoms with Crippen LogP contribution in [0.15, 0.2) is 18.2 Å². The Morgan fingerprint density at radius 1 is 1.25 bits per heavy atom. The first-order chi connectivity index (χ1) is 13.3. The Balaban J connectivity index is 2.36. The topological polar surface area (TPSA) is 57.2 Å². The van der Waals surface area contributed by atoms with Crippen molar-refractivity contribution in [2.75, 3.05) is 7.11 Å². The summed E-state index contributed by atoms with van der Waals surface area (Å²) in [5.41, 5.74) is 9.53. The number of amides is 1. The molecule has 0 bridgehead atoms. The second kappa shape index (κ2) is 7.81. The number of hydrogen-bond acceptors (Lipinski definition) is 2. The van der Waals surface area contributed by atoms with E-state index >= 15 is 0 Å². The number of ether oxygens (including phenoxy) is 1. The average molecular weight is 385 g/mol. The van der Waals surface area contributed by atoms with Crippen LogP contribution in [0.3, 0.4) is 0 Å². The van der Waals surface area contributed by atoms with Crippen molar-refractivity contribution in [1.29, 1.82) is 0 Å². The number of nitrogens with two attached hydrogens (primary N) is 1. The maximum atomic E-state index is 13.0. The van der Waals surface area contributed by atoms with Crippen molar-refractivity contribution in [2.45, 2.75) is 84.6 Å². The van der Waals surface area contributed by atoms with Gasteiger partial charge < -0.3 is 15.0 Å². The van der Waals surface area contributed by atoms with E-state index < -0.39 is 5.54 Å². The Labute approximate surface area is 169 Å². The van der Waals surface area contributed by atoms with Crippen LogP contribution in [0, 0.1) is 5.41 Å². The van der Waals surface area contributed by atoms with Gasteiger partial charge in [0.05, 0.1) is 12.6 Å². The minimum atomic E-state index is -0.670. The van der Waals surface area contributed by atoms with Gasteiger partial charge in [-0.25, -0.2) is 0 Å². The van der Waals surface area contributed by atoms with Gasteiger partial charge in [0.2, 0.25) is 5.91 Å². The van der Waals surface area contributed by atoms with Crippen LogP contribution >= 0.6 is 0 Å². The van der Waals surface area contributed by atoms with Crippen LogP contribution in [0.4, 0.5) is 0 Å². The Kier molecular flexibility index (Phi) is 5.79. The Hall–Kier alpha value is -1.97. The fraction of sp³-hybridized carbons (Fsp3) is 0.625. The van der Waals surface area contributed by atoms with Crippen molar-refractivity contribution >= 4 is 16.8 Å². The van der Waals surface area contributed by atoms with Gasteiger partial charge in [-0.2, -0.15) is 0 Å². The van der Waals surface area contributed by atoms with Gasteiger partial charge in [0.25, 0.3) is 0 Å². The minimum absolute atomic E-state index is 0.200. The molecule has 1 atom stereocenters. The van der Waals surface area contributed by atoms with Gasteiger partial charge in [-0.3, -0.25) is 4.79 Å². The lowest BCUT2D eigenvalue weighted by molar-refractivity contribution is -0.127. The predicted molar refractivity (Wildman–Crippen MR) is 116 cm³/mol. The molecular formula is C24H36N2O2. The zero-order chi connectivity index (χ0) is 20.5. The molecule has 4 nitrogen and oxygen atoms in total. The molecule has 0 aliphatic heterocycles. The number of methoxy groups -OCH3 is 1. The summed E-state index contributed by atoms with van der Waals surface area (Å²) < 4.78 is 7.87. The van der Waals surface area contributed by atoms with Crippen molar-refractivity contribution in [3.63, 3.8) is 0 Å². The molecule has 28 heavy (non-hydrogen) atoms. The van der Waals surface area contributed by atoms with E-state index in [0.717, 1.165) is 62.6 Å². The number of nitrogens with zero attached hydrogens (tertiary/aromatic N) is 1. The maximum Gasteiger partial charge on any atom is 0.243 e. The molecule has 0 spiro atoms. The molecule has 1 aromatic carbocycles. The molecule has 1 aromatic heterocycles. The van der Waals surface area contributed by atoms with Crippen molar-refractivity contribution in [3.05, 3.63) is 29.5 Å². The Bertz CT molecular complexity index is 865. The Morgan fingerprint density at radius 2 is 2.00 bits per heavy atom. The third-order valence-electron chi connectivity index (χ3n) is 6.58. The Morgan fingerprint density at radius 3 is 2.61 bits per heavy atom. The summed E-state index contributed by atoms with van der Waals surface area (Å²) >= 11 is 0. The molecule has 1 amide bonds. The van der Waals surface area contributed by atoms with Gasteiger partial charge in [-0.05, 0) is 55.2 Å². The van der Waals surface area contributed by atoms with Crippen LogP contribution in [-0.2, 0) is 23.2 Å². The molecule has 1 unspecified atom stereocenters. The molecule has 0 saturated heterocycles. The molecule has 154 valence electrons. The first-order valence-corrected chi connectivity index (χ1v) is 10.8. The predicted octanol–water partition coefficient (Wildman–Crippen LogP) is 5.34. The summed E-state index contributed by atoms with van der Waals surface area (Å²) in [6, 6.07) is 6.30. The highest BCUT2D eigenvalue weighted by atomic mass is 16.5. The van der Waals surface area contributed by atoms with Gasteiger partial charge in [0, 0.05) is 17.1 Å². The number of benzene rings is 1. The number of fused-ring (bicyclic) bond motifs is 3. The number of aromatic nitrogens is 1. The van der Waals surface area contributed by atoms with E-state index in [1.54, 1.807) is 7.11 Å². The zero-order valence-electron chi connectivity index (χ0n) is 18.2. The average Bonchev–Trinajstić information content (AvgIpc) is 2.96. The van der Waals surface area contributed by atoms with E-state index in [1.165, 1.54) is 16.6 Å². The fourth-order valence-corrected chi connectivity index (χ4v) is 5.06. The summed E-state index contributed by atoms with van der Waals surface area (Å²) in [6.45, 7) is 8.98. The molecule has 0 fully saturated rings. The van der Waals surface area contributed by atoms with E-state index in [0.29, 0.717) is 0 Å². The second-order valence-corrected chi connectivity index (χ2v) is 9.23. The minimum Gasteiger partial charge on any atom is -0.497 e. The van der Waals surface area contributed by atoms with Crippen LogP contribution in [0.25, 0.3) is 10.9 Å². The monoisotopic (exact) mass is 384 g/mol. The number of rotatable bonds is 8. The smallest absolute Gasteiger partial charge is 0.243 e. The number of carbonyl (C=O) groups is 1. The highest BCUT2D eigenvalue weighted by Crippen LogP contribution is 2.45. The molecular weight excluding hydrogens is 348 g/mol. The normalized spacial score (nSPS) is 17.9. The van der Waals surface area contributed by atoms with Crippen LogP contribution in [0.2, 0.25) is 0 Å². The molecule has 2 N–H and O–H groups in total. The quantitative estimate of drug-likeness (QED) is 0.668. The molecule has 1 aliphatic rings. The maximum absolute atomic E-state index is 13.0. The lowest BCUT2D eigenvalue weighted by atomic mass is 9.76. The highest BCUT2D eigenvalue weighted by molar-refractivity contribution is 5.91. The van der Waals surface area contributed by atoms with E-state index in [-0.39, 0.29) is 11.3 Å². The van der Waals surface area contributed by atoms with Crippen LogP contribution in [0.1, 0.15) is 77.5 Å². The number of aryl methyl sites for hydroxylation is 1. The van der Waals surface area contributed by atoms with Crippen molar-refractivity contribution in [3.8, 4) is 5.75 Å². The highest BCUT2D eigenvalue weighted by Gasteiger charge is 2.42. The zero-order valence-corrected chi connectivity index (χ0v) is 18.2. The third-order valence-corrected chi connectivity index (χ3v) is 6.58. The van der Waals surface area contributed by atoms with Crippen molar-refractivity contribution in [2.24, 2.45) is 11.1 Å². The van der Waals surface area contributed by atoms with Crippen LogP contribution in [-0.4, -0.2) is 17.6 Å². The SMILES string of the molecule is CCCCC(CCC)(C(N)=O)n1c2c(c3ccc(OC)cc31)CCC(C)(C)C2. The molecule has 4 heteroatoms. The van der Waals surface area contributed by atoms with Crippen LogP contribution < -0.4 is 10.5 Å². The second-order valence-electron chi connectivity index (χ2n) is 9.23. The first-order valence-electron chi connectivity index (χ1n) is 10.8. The third kappa shape index (κ3) is 3.42. The number of carbonyl (C=O) groups excluding carboxylic acids is 1. The molecule has 1 heterocycles. The van der Waals surface area contributed by atoms with Gasteiger partial charge >= 0.3 is 0 Å².